The molecular formula is C15H28O2. The molecule has 1 aliphatic rings. The van der Waals surface area contributed by atoms with E-state index in [-0.39, 0.29) is 0 Å². The van der Waals surface area contributed by atoms with E-state index in [0.717, 1.165) is 51.7 Å². The molecule has 1 fully saturated rings. The molecule has 0 radical (unpaired) electrons. The lowest BCUT2D eigenvalue weighted by Gasteiger charge is -2.06. The monoisotopic (exact) mass is 240 g/mol. The normalized spacial score (nSPS) is 23.4. The molecule has 0 bridgehead atoms. The highest BCUT2D eigenvalue weighted by Crippen LogP contribution is 2.11. The van der Waals surface area contributed by atoms with Crippen LogP contribution in [0.1, 0.15) is 77.0 Å². The first-order valence-corrected chi connectivity index (χ1v) is 7.49. The zero-order valence-corrected chi connectivity index (χ0v) is 11.2. The summed E-state index contributed by atoms with van der Waals surface area (Å²) in [5.41, 5.74) is 0. The van der Waals surface area contributed by atoms with Crippen LogP contribution in [0, 0.1) is 0 Å². The molecule has 0 saturated carbocycles. The average Bonchev–Trinajstić information content (AvgIpc) is 2.32. The number of rotatable bonds is 0. The fourth-order valence-corrected chi connectivity index (χ4v) is 2.34. The van der Waals surface area contributed by atoms with E-state index in [1.54, 1.807) is 0 Å². The first kappa shape index (κ1) is 14.7. The smallest absolute Gasteiger partial charge is 0.132 e. The second kappa shape index (κ2) is 10.8. The van der Waals surface area contributed by atoms with Crippen LogP contribution >= 0.6 is 0 Å². The van der Waals surface area contributed by atoms with Gasteiger partial charge < -0.3 is 4.74 Å². The summed E-state index contributed by atoms with van der Waals surface area (Å²) < 4.78 is 5.58. The molecule has 1 saturated heterocycles. The number of carbonyl (C=O) groups is 1. The van der Waals surface area contributed by atoms with Crippen molar-refractivity contribution in [3.63, 3.8) is 0 Å². The van der Waals surface area contributed by atoms with Crippen molar-refractivity contribution in [1.82, 2.24) is 0 Å². The fourth-order valence-electron chi connectivity index (χ4n) is 2.34. The zero-order chi connectivity index (χ0) is 12.2. The van der Waals surface area contributed by atoms with Crippen LogP contribution in [0.5, 0.6) is 0 Å². The Balaban J connectivity index is 2.11. The van der Waals surface area contributed by atoms with Gasteiger partial charge in [-0.1, -0.05) is 38.5 Å². The summed E-state index contributed by atoms with van der Waals surface area (Å²) in [6, 6.07) is 0. The largest absolute Gasteiger partial charge is 0.381 e. The summed E-state index contributed by atoms with van der Waals surface area (Å²) in [7, 11) is 0. The summed E-state index contributed by atoms with van der Waals surface area (Å²) in [6.07, 6.45) is 13.8. The third kappa shape index (κ3) is 9.34. The third-order valence-corrected chi connectivity index (χ3v) is 3.49. The summed E-state index contributed by atoms with van der Waals surface area (Å²) in [4.78, 5) is 11.5. The molecule has 0 spiro atoms. The van der Waals surface area contributed by atoms with Gasteiger partial charge >= 0.3 is 0 Å². The predicted octanol–water partition coefficient (Wildman–Crippen LogP) is 4.27. The second-order valence-corrected chi connectivity index (χ2v) is 5.19. The van der Waals surface area contributed by atoms with Crippen molar-refractivity contribution >= 4 is 5.78 Å². The van der Waals surface area contributed by atoms with Crippen LogP contribution in [0.25, 0.3) is 0 Å². The number of ether oxygens (including phenoxy) is 1. The SMILES string of the molecule is O=C1CCCCCCCCCOCCCCC1. The second-order valence-electron chi connectivity index (χ2n) is 5.19. The Labute approximate surface area is 106 Å². The highest BCUT2D eigenvalue weighted by Gasteiger charge is 2.02. The van der Waals surface area contributed by atoms with Crippen LogP contribution in [0.2, 0.25) is 0 Å². The summed E-state index contributed by atoms with van der Waals surface area (Å²) in [5, 5.41) is 0. The molecule has 0 N–H and O–H groups in total. The van der Waals surface area contributed by atoms with Gasteiger partial charge in [0.05, 0.1) is 0 Å². The first-order valence-electron chi connectivity index (χ1n) is 7.49. The Kier molecular flexibility index (Phi) is 9.30. The maximum atomic E-state index is 11.5. The quantitative estimate of drug-likeness (QED) is 0.632. The van der Waals surface area contributed by atoms with E-state index in [2.05, 4.69) is 0 Å². The van der Waals surface area contributed by atoms with Crippen molar-refractivity contribution in [3.8, 4) is 0 Å². The summed E-state index contributed by atoms with van der Waals surface area (Å²) in [5.74, 6) is 0.470. The lowest BCUT2D eigenvalue weighted by Crippen LogP contribution is -2.00. The Morgan fingerprint density at radius 1 is 0.588 bits per heavy atom. The van der Waals surface area contributed by atoms with E-state index in [0.29, 0.717) is 5.78 Å². The minimum absolute atomic E-state index is 0.470. The molecule has 0 aromatic heterocycles. The van der Waals surface area contributed by atoms with Crippen LogP contribution in [-0.2, 0) is 9.53 Å². The first-order chi connectivity index (χ1) is 8.39. The van der Waals surface area contributed by atoms with Crippen molar-refractivity contribution in [2.75, 3.05) is 13.2 Å². The maximum absolute atomic E-state index is 11.5. The van der Waals surface area contributed by atoms with Crippen LogP contribution in [0.3, 0.4) is 0 Å². The van der Waals surface area contributed by atoms with Crippen molar-refractivity contribution in [1.29, 1.82) is 0 Å². The van der Waals surface area contributed by atoms with Gasteiger partial charge in [0.2, 0.25) is 0 Å². The van der Waals surface area contributed by atoms with E-state index >= 15 is 0 Å². The Morgan fingerprint density at radius 2 is 1.00 bits per heavy atom. The molecular weight excluding hydrogens is 212 g/mol. The molecule has 0 amide bonds. The topological polar surface area (TPSA) is 26.3 Å². The van der Waals surface area contributed by atoms with Crippen molar-refractivity contribution in [2.24, 2.45) is 0 Å². The Hall–Kier alpha value is -0.370. The third-order valence-electron chi connectivity index (χ3n) is 3.49. The van der Waals surface area contributed by atoms with Crippen LogP contribution in [0.15, 0.2) is 0 Å². The van der Waals surface area contributed by atoms with Gasteiger partial charge in [0, 0.05) is 26.1 Å². The minimum Gasteiger partial charge on any atom is -0.381 e. The molecule has 1 rings (SSSR count). The molecule has 2 nitrogen and oxygen atoms in total. The van der Waals surface area contributed by atoms with Gasteiger partial charge in [-0.15, -0.1) is 0 Å². The van der Waals surface area contributed by atoms with Gasteiger partial charge in [-0.25, -0.2) is 0 Å². The maximum Gasteiger partial charge on any atom is 0.132 e. The molecule has 1 aliphatic heterocycles. The van der Waals surface area contributed by atoms with Gasteiger partial charge in [-0.2, -0.15) is 0 Å². The molecule has 0 unspecified atom stereocenters. The van der Waals surface area contributed by atoms with Crippen molar-refractivity contribution in [3.05, 3.63) is 0 Å². The fraction of sp³-hybridized carbons (Fsp3) is 0.933. The average molecular weight is 240 g/mol. The molecule has 100 valence electrons. The van der Waals surface area contributed by atoms with Crippen LogP contribution in [-0.4, -0.2) is 19.0 Å². The predicted molar refractivity (Wildman–Crippen MR) is 71.2 cm³/mol. The molecule has 2 heteroatoms. The minimum atomic E-state index is 0.470. The van der Waals surface area contributed by atoms with Crippen LogP contribution in [0.4, 0.5) is 0 Å². The molecule has 0 aromatic rings. The number of ketones is 1. The standard InChI is InChI=1S/C15H28O2/c16-15-11-7-4-2-1-3-5-9-13-17-14-10-6-8-12-15/h1-14H2. The van der Waals surface area contributed by atoms with E-state index < -0.39 is 0 Å². The highest BCUT2D eigenvalue weighted by atomic mass is 16.5. The molecule has 0 aliphatic carbocycles. The zero-order valence-electron chi connectivity index (χ0n) is 11.2. The lowest BCUT2D eigenvalue weighted by molar-refractivity contribution is -0.119. The van der Waals surface area contributed by atoms with Gasteiger partial charge in [0.15, 0.2) is 0 Å². The van der Waals surface area contributed by atoms with Gasteiger partial charge in [-0.05, 0) is 25.7 Å². The summed E-state index contributed by atoms with van der Waals surface area (Å²) >= 11 is 0. The lowest BCUT2D eigenvalue weighted by atomic mass is 10.0. The molecule has 17 heavy (non-hydrogen) atoms. The summed E-state index contributed by atoms with van der Waals surface area (Å²) in [6.45, 7) is 1.81. The van der Waals surface area contributed by atoms with E-state index in [1.807, 2.05) is 0 Å². The van der Waals surface area contributed by atoms with Crippen molar-refractivity contribution in [2.45, 2.75) is 77.0 Å². The molecule has 0 atom stereocenters. The van der Waals surface area contributed by atoms with Crippen LogP contribution < -0.4 is 0 Å². The van der Waals surface area contributed by atoms with Gasteiger partial charge in [-0.3, -0.25) is 4.79 Å². The van der Waals surface area contributed by atoms with Gasteiger partial charge in [0.25, 0.3) is 0 Å². The molecule has 0 aromatic carbocycles. The van der Waals surface area contributed by atoms with E-state index in [1.165, 1.54) is 38.5 Å². The van der Waals surface area contributed by atoms with E-state index in [4.69, 9.17) is 4.74 Å². The Bertz CT molecular complexity index is 171. The van der Waals surface area contributed by atoms with Crippen molar-refractivity contribution < 1.29 is 9.53 Å². The highest BCUT2D eigenvalue weighted by molar-refractivity contribution is 5.78. The number of Topliss-reactive ketones (excluding diaryl/α,β-unsaturated/α-hetero) is 1. The number of carbonyl (C=O) groups excluding carboxylic acids is 1. The molecule has 1 heterocycles. The van der Waals surface area contributed by atoms with E-state index in [9.17, 15) is 4.79 Å². The Morgan fingerprint density at radius 3 is 1.59 bits per heavy atom. The number of hydrogen-bond acceptors (Lipinski definition) is 2. The number of hydrogen-bond donors (Lipinski definition) is 0. The van der Waals surface area contributed by atoms with Gasteiger partial charge in [0.1, 0.15) is 5.78 Å².